The summed E-state index contributed by atoms with van der Waals surface area (Å²) in [6, 6.07) is 14.3. The van der Waals surface area contributed by atoms with E-state index in [0.29, 0.717) is 23.2 Å². The molecule has 0 saturated heterocycles. The van der Waals surface area contributed by atoms with Gasteiger partial charge in [0.05, 0.1) is 11.2 Å². The first-order chi connectivity index (χ1) is 11.5. The van der Waals surface area contributed by atoms with Crippen LogP contribution in [0.4, 0.5) is 0 Å². The number of nitrogen functional groups attached to an aromatic ring is 1. The van der Waals surface area contributed by atoms with Crippen LogP contribution in [0, 0.1) is 5.41 Å². The van der Waals surface area contributed by atoms with Gasteiger partial charge in [-0.2, -0.15) is 0 Å². The topological polar surface area (TPSA) is 92.1 Å². The van der Waals surface area contributed by atoms with E-state index >= 15 is 0 Å². The number of nitrogens with zero attached hydrogens (tertiary/aromatic N) is 1. The molecule has 0 amide bonds. The third-order valence-corrected chi connectivity index (χ3v) is 4.48. The van der Waals surface area contributed by atoms with E-state index in [1.165, 1.54) is 0 Å². The molecule has 6 heteroatoms. The van der Waals surface area contributed by atoms with Gasteiger partial charge < -0.3 is 15.4 Å². The zero-order valence-electron chi connectivity index (χ0n) is 13.1. The summed E-state index contributed by atoms with van der Waals surface area (Å²) in [6.45, 7) is 0.454. The van der Waals surface area contributed by atoms with Gasteiger partial charge in [0, 0.05) is 17.5 Å². The monoisotopic (exact) mass is 339 g/mol. The fraction of sp³-hybridized carbons (Fsp3) is 0.111. The molecule has 0 radical (unpaired) electrons. The summed E-state index contributed by atoms with van der Waals surface area (Å²) in [5, 5.41) is 18.2. The summed E-state index contributed by atoms with van der Waals surface area (Å²) >= 11 is 1.14. The Balaban J connectivity index is 2.14. The SMILES string of the molecule is CSC(=O)c1cc2c(O)cccc2n1Cc1cccc(C(=N)N)c1. The van der Waals surface area contributed by atoms with Crippen LogP contribution in [0.5, 0.6) is 5.75 Å². The highest BCUT2D eigenvalue weighted by atomic mass is 32.2. The van der Waals surface area contributed by atoms with Gasteiger partial charge in [-0.25, -0.2) is 0 Å². The number of benzene rings is 2. The summed E-state index contributed by atoms with van der Waals surface area (Å²) < 4.78 is 1.88. The molecule has 1 heterocycles. The van der Waals surface area contributed by atoms with Gasteiger partial charge in [-0.1, -0.05) is 36.0 Å². The van der Waals surface area contributed by atoms with Crippen LogP contribution < -0.4 is 5.73 Å². The van der Waals surface area contributed by atoms with Crippen LogP contribution in [-0.4, -0.2) is 26.9 Å². The van der Waals surface area contributed by atoms with Crippen molar-refractivity contribution < 1.29 is 9.90 Å². The van der Waals surface area contributed by atoms with Crippen LogP contribution in [0.3, 0.4) is 0 Å². The number of rotatable bonds is 4. The van der Waals surface area contributed by atoms with E-state index < -0.39 is 0 Å². The molecule has 0 saturated carbocycles. The Morgan fingerprint density at radius 3 is 2.71 bits per heavy atom. The van der Waals surface area contributed by atoms with E-state index in [1.807, 2.05) is 28.8 Å². The molecule has 0 aliphatic rings. The molecule has 0 spiro atoms. The molecule has 122 valence electrons. The van der Waals surface area contributed by atoms with Crippen LogP contribution in [-0.2, 0) is 6.54 Å². The number of hydrogen-bond donors (Lipinski definition) is 3. The number of nitrogens with two attached hydrogens (primary N) is 1. The lowest BCUT2D eigenvalue weighted by Gasteiger charge is -2.11. The van der Waals surface area contributed by atoms with E-state index in [2.05, 4.69) is 0 Å². The van der Waals surface area contributed by atoms with Gasteiger partial charge in [0.2, 0.25) is 5.12 Å². The summed E-state index contributed by atoms with van der Waals surface area (Å²) in [7, 11) is 0. The molecule has 0 aliphatic carbocycles. The number of carbonyl (C=O) groups excluding carboxylic acids is 1. The van der Waals surface area contributed by atoms with Crippen LogP contribution >= 0.6 is 11.8 Å². The minimum atomic E-state index is -0.0617. The molecule has 1 aromatic heterocycles. The number of amidine groups is 1. The van der Waals surface area contributed by atoms with E-state index in [4.69, 9.17) is 11.1 Å². The molecule has 24 heavy (non-hydrogen) atoms. The van der Waals surface area contributed by atoms with Crippen LogP contribution in [0.2, 0.25) is 0 Å². The molecule has 2 aromatic carbocycles. The second kappa shape index (κ2) is 6.41. The number of aromatic hydroxyl groups is 1. The third kappa shape index (κ3) is 2.88. The number of hydrogen-bond acceptors (Lipinski definition) is 4. The van der Waals surface area contributed by atoms with Gasteiger partial charge >= 0.3 is 0 Å². The highest BCUT2D eigenvalue weighted by Crippen LogP contribution is 2.30. The van der Waals surface area contributed by atoms with Gasteiger partial charge in [0.15, 0.2) is 0 Å². The Labute approximate surface area is 143 Å². The molecule has 0 atom stereocenters. The van der Waals surface area contributed by atoms with Gasteiger partial charge in [0.25, 0.3) is 0 Å². The number of phenols is 1. The van der Waals surface area contributed by atoms with Crippen molar-refractivity contribution in [2.24, 2.45) is 5.73 Å². The first-order valence-electron chi connectivity index (χ1n) is 7.34. The molecular formula is C18H17N3O2S. The molecule has 0 aliphatic heterocycles. The predicted molar refractivity (Wildman–Crippen MR) is 98.0 cm³/mol. The first-order valence-corrected chi connectivity index (χ1v) is 8.56. The van der Waals surface area contributed by atoms with Crippen molar-refractivity contribution in [3.8, 4) is 5.75 Å². The standard InChI is InChI=1S/C18H17N3O2S/c1-24-18(23)15-9-13-14(6-3-7-16(13)22)21(15)10-11-4-2-5-12(8-11)17(19)20/h2-9,22H,10H2,1H3,(H3,19,20). The number of carbonyl (C=O) groups is 1. The zero-order chi connectivity index (χ0) is 17.3. The molecule has 0 unspecified atom stereocenters. The van der Waals surface area contributed by atoms with E-state index in [-0.39, 0.29) is 16.7 Å². The van der Waals surface area contributed by atoms with Crippen LogP contribution in [0.15, 0.2) is 48.5 Å². The first kappa shape index (κ1) is 16.1. The lowest BCUT2D eigenvalue weighted by atomic mass is 10.1. The molecule has 4 N–H and O–H groups in total. The summed E-state index contributed by atoms with van der Waals surface area (Å²) in [5.74, 6) is 0.158. The Bertz CT molecular complexity index is 947. The average molecular weight is 339 g/mol. The van der Waals surface area contributed by atoms with Gasteiger partial charge in [-0.05, 0) is 36.1 Å². The van der Waals surface area contributed by atoms with Crippen LogP contribution in [0.1, 0.15) is 21.6 Å². The lowest BCUT2D eigenvalue weighted by Crippen LogP contribution is -2.12. The van der Waals surface area contributed by atoms with Crippen molar-refractivity contribution in [2.45, 2.75) is 6.54 Å². The maximum Gasteiger partial charge on any atom is 0.235 e. The van der Waals surface area contributed by atoms with Crippen molar-refractivity contribution in [3.63, 3.8) is 0 Å². The Morgan fingerprint density at radius 2 is 2.00 bits per heavy atom. The van der Waals surface area contributed by atoms with Gasteiger partial charge in [-0.3, -0.25) is 10.2 Å². The Morgan fingerprint density at radius 1 is 1.25 bits per heavy atom. The minimum Gasteiger partial charge on any atom is -0.507 e. The number of thioether (sulfide) groups is 1. The smallest absolute Gasteiger partial charge is 0.235 e. The number of nitrogens with one attached hydrogen (secondary N) is 1. The number of phenolic OH excluding ortho intramolecular Hbond substituents is 1. The molecular weight excluding hydrogens is 322 g/mol. The van der Waals surface area contributed by atoms with Crippen molar-refractivity contribution in [2.75, 3.05) is 6.26 Å². The molecule has 3 rings (SSSR count). The third-order valence-electron chi connectivity index (χ3n) is 3.90. The van der Waals surface area contributed by atoms with Gasteiger partial charge in [0.1, 0.15) is 11.6 Å². The molecule has 0 bridgehead atoms. The number of fused-ring (bicyclic) bond motifs is 1. The summed E-state index contributed by atoms with van der Waals surface area (Å²) in [6.07, 6.45) is 1.74. The van der Waals surface area contributed by atoms with E-state index in [0.717, 1.165) is 22.8 Å². The maximum atomic E-state index is 12.3. The minimum absolute atomic E-state index is 0.00673. The Kier molecular flexibility index (Phi) is 4.31. The zero-order valence-corrected chi connectivity index (χ0v) is 13.9. The van der Waals surface area contributed by atoms with Crippen molar-refractivity contribution in [1.82, 2.24) is 4.57 Å². The summed E-state index contributed by atoms with van der Waals surface area (Å²) in [5.41, 5.74) is 8.45. The second-order valence-electron chi connectivity index (χ2n) is 5.43. The number of aromatic nitrogens is 1. The fourth-order valence-electron chi connectivity index (χ4n) is 2.73. The van der Waals surface area contributed by atoms with E-state index in [9.17, 15) is 9.90 Å². The van der Waals surface area contributed by atoms with E-state index in [1.54, 1.807) is 30.5 Å². The molecule has 0 fully saturated rings. The maximum absolute atomic E-state index is 12.3. The van der Waals surface area contributed by atoms with Crippen molar-refractivity contribution in [3.05, 3.63) is 65.4 Å². The van der Waals surface area contributed by atoms with Crippen LogP contribution in [0.25, 0.3) is 10.9 Å². The van der Waals surface area contributed by atoms with Crippen molar-refractivity contribution >= 4 is 33.6 Å². The summed E-state index contributed by atoms with van der Waals surface area (Å²) in [4.78, 5) is 12.3. The quantitative estimate of drug-likeness (QED) is 0.503. The fourth-order valence-corrected chi connectivity index (χ4v) is 3.11. The second-order valence-corrected chi connectivity index (χ2v) is 6.21. The average Bonchev–Trinajstić information content (AvgIpc) is 2.94. The molecule has 3 aromatic rings. The Hall–Kier alpha value is -2.73. The lowest BCUT2D eigenvalue weighted by molar-refractivity contribution is 0.108. The highest BCUT2D eigenvalue weighted by molar-refractivity contribution is 8.13. The predicted octanol–water partition coefficient (Wildman–Crippen LogP) is 3.18. The van der Waals surface area contributed by atoms with Crippen molar-refractivity contribution in [1.29, 1.82) is 5.41 Å². The molecule has 5 nitrogen and oxygen atoms in total. The normalized spacial score (nSPS) is 10.9. The largest absolute Gasteiger partial charge is 0.507 e. The van der Waals surface area contributed by atoms with Gasteiger partial charge in [-0.15, -0.1) is 0 Å². The highest BCUT2D eigenvalue weighted by Gasteiger charge is 2.17.